The van der Waals surface area contributed by atoms with Crippen LogP contribution < -0.4 is 5.73 Å². The zero-order chi connectivity index (χ0) is 17.1. The van der Waals surface area contributed by atoms with Gasteiger partial charge in [0, 0.05) is 30.1 Å². The molecule has 1 aliphatic rings. The zero-order valence-electron chi connectivity index (χ0n) is 15.2. The molecule has 0 spiro atoms. The second kappa shape index (κ2) is 10.3. The Hall–Kier alpha value is -1.14. The molecule has 0 radical (unpaired) electrons. The molecule has 7 heteroatoms. The van der Waals surface area contributed by atoms with E-state index < -0.39 is 0 Å². The lowest BCUT2D eigenvalue weighted by atomic mass is 10.0. The Morgan fingerprint density at radius 1 is 1.27 bits per heavy atom. The molecule has 0 saturated carbocycles. The van der Waals surface area contributed by atoms with Crippen molar-refractivity contribution in [2.75, 3.05) is 13.1 Å². The molecule has 2 aromatic rings. The molecule has 1 aromatic carbocycles. The average molecular weight is 416 g/mol. The number of amides is 1. The first-order valence-electron chi connectivity index (χ1n) is 8.67. The van der Waals surface area contributed by atoms with Crippen LogP contribution in [-0.2, 0) is 0 Å². The Morgan fingerprint density at radius 3 is 2.58 bits per heavy atom. The number of carbonyl (C=O) groups is 1. The van der Waals surface area contributed by atoms with Crippen molar-refractivity contribution in [3.05, 3.63) is 40.9 Å². The Bertz CT molecular complexity index is 703. The van der Waals surface area contributed by atoms with Crippen molar-refractivity contribution in [2.45, 2.75) is 45.1 Å². The number of hydrogen-bond acceptors (Lipinski definition) is 4. The maximum absolute atomic E-state index is 12.8. The SMILES string of the molecule is CC(C)c1ccc(-c2nc(C(=O)N3CCCCC3CN)cs2)cc1.Cl.Cl. The summed E-state index contributed by atoms with van der Waals surface area (Å²) in [6.07, 6.45) is 3.20. The molecule has 1 atom stereocenters. The van der Waals surface area contributed by atoms with E-state index in [9.17, 15) is 4.79 Å². The Morgan fingerprint density at radius 2 is 1.96 bits per heavy atom. The summed E-state index contributed by atoms with van der Waals surface area (Å²) >= 11 is 1.53. The highest BCUT2D eigenvalue weighted by molar-refractivity contribution is 7.13. The lowest BCUT2D eigenvalue weighted by molar-refractivity contribution is 0.0618. The third-order valence-corrected chi connectivity index (χ3v) is 5.60. The summed E-state index contributed by atoms with van der Waals surface area (Å²) in [4.78, 5) is 19.3. The lowest BCUT2D eigenvalue weighted by Crippen LogP contribution is -2.47. The summed E-state index contributed by atoms with van der Waals surface area (Å²) in [5.41, 5.74) is 8.76. The van der Waals surface area contributed by atoms with Crippen molar-refractivity contribution < 1.29 is 4.79 Å². The van der Waals surface area contributed by atoms with E-state index in [1.54, 1.807) is 0 Å². The van der Waals surface area contributed by atoms with Gasteiger partial charge in [-0.15, -0.1) is 36.2 Å². The van der Waals surface area contributed by atoms with Gasteiger partial charge in [-0.2, -0.15) is 0 Å². The molecule has 3 rings (SSSR count). The van der Waals surface area contributed by atoms with E-state index in [1.165, 1.54) is 16.9 Å². The van der Waals surface area contributed by atoms with Crippen LogP contribution in [0.15, 0.2) is 29.6 Å². The summed E-state index contributed by atoms with van der Waals surface area (Å²) in [6, 6.07) is 8.61. The van der Waals surface area contributed by atoms with E-state index in [1.807, 2.05) is 10.3 Å². The van der Waals surface area contributed by atoms with Crippen LogP contribution in [0.25, 0.3) is 10.6 Å². The molecule has 1 saturated heterocycles. The Kier molecular flexibility index (Phi) is 9.04. The van der Waals surface area contributed by atoms with Crippen LogP contribution in [0.4, 0.5) is 0 Å². The molecule has 4 nitrogen and oxygen atoms in total. The van der Waals surface area contributed by atoms with Gasteiger partial charge >= 0.3 is 0 Å². The van der Waals surface area contributed by atoms with Gasteiger partial charge in [0.25, 0.3) is 5.91 Å². The van der Waals surface area contributed by atoms with Crippen LogP contribution in [0.5, 0.6) is 0 Å². The molecule has 0 aliphatic carbocycles. The third-order valence-electron chi connectivity index (χ3n) is 4.71. The number of aromatic nitrogens is 1. The van der Waals surface area contributed by atoms with E-state index in [0.29, 0.717) is 18.2 Å². The molecule has 1 aliphatic heterocycles. The Labute approximate surface area is 172 Å². The normalized spacial score (nSPS) is 16.8. The molecule has 1 aromatic heterocycles. The van der Waals surface area contributed by atoms with Crippen molar-refractivity contribution in [3.63, 3.8) is 0 Å². The minimum absolute atomic E-state index is 0. The number of benzene rings is 1. The predicted octanol–water partition coefficient (Wildman–Crippen LogP) is 4.73. The third kappa shape index (κ3) is 4.97. The standard InChI is InChI=1S/C19H25N3OS.2ClH/c1-13(2)14-6-8-15(9-7-14)18-21-17(12-24-18)19(23)22-10-4-3-5-16(22)11-20;;/h6-9,12-13,16H,3-5,10-11,20H2,1-2H3;2*1H. The van der Waals surface area contributed by atoms with Gasteiger partial charge in [-0.25, -0.2) is 4.98 Å². The number of nitrogens with zero attached hydrogens (tertiary/aromatic N) is 2. The molecule has 2 heterocycles. The number of nitrogens with two attached hydrogens (primary N) is 1. The van der Waals surface area contributed by atoms with E-state index in [-0.39, 0.29) is 36.8 Å². The molecule has 0 bridgehead atoms. The van der Waals surface area contributed by atoms with E-state index >= 15 is 0 Å². The van der Waals surface area contributed by atoms with Crippen molar-refractivity contribution >= 4 is 42.1 Å². The monoisotopic (exact) mass is 415 g/mol. The molecule has 2 N–H and O–H groups in total. The minimum Gasteiger partial charge on any atom is -0.333 e. The van der Waals surface area contributed by atoms with Crippen LogP contribution in [0.1, 0.15) is 55.1 Å². The van der Waals surface area contributed by atoms with Crippen LogP contribution in [0, 0.1) is 0 Å². The number of rotatable bonds is 4. The highest BCUT2D eigenvalue weighted by atomic mass is 35.5. The smallest absolute Gasteiger partial charge is 0.273 e. The Balaban J connectivity index is 0.00000169. The first-order chi connectivity index (χ1) is 11.6. The molecule has 1 fully saturated rings. The van der Waals surface area contributed by atoms with Gasteiger partial charge in [0.1, 0.15) is 10.7 Å². The highest BCUT2D eigenvalue weighted by Crippen LogP contribution is 2.27. The average Bonchev–Trinajstić information content (AvgIpc) is 3.11. The molecular weight excluding hydrogens is 389 g/mol. The summed E-state index contributed by atoms with van der Waals surface area (Å²) in [5, 5.41) is 2.77. The van der Waals surface area contributed by atoms with Crippen LogP contribution in [-0.4, -0.2) is 34.9 Å². The molecule has 1 amide bonds. The second-order valence-corrected chi connectivity index (χ2v) is 7.56. The predicted molar refractivity (Wildman–Crippen MR) is 114 cm³/mol. The van der Waals surface area contributed by atoms with Crippen molar-refractivity contribution in [3.8, 4) is 10.6 Å². The molecule has 144 valence electrons. The second-order valence-electron chi connectivity index (χ2n) is 6.70. The van der Waals surface area contributed by atoms with Crippen LogP contribution in [0.3, 0.4) is 0 Å². The van der Waals surface area contributed by atoms with Gasteiger partial charge in [0.2, 0.25) is 0 Å². The highest BCUT2D eigenvalue weighted by Gasteiger charge is 2.27. The fourth-order valence-corrected chi connectivity index (χ4v) is 3.98. The van der Waals surface area contributed by atoms with E-state index in [0.717, 1.165) is 36.4 Å². The van der Waals surface area contributed by atoms with Gasteiger partial charge in [0.05, 0.1) is 0 Å². The van der Waals surface area contributed by atoms with Gasteiger partial charge in [0.15, 0.2) is 0 Å². The molecule has 26 heavy (non-hydrogen) atoms. The number of carbonyl (C=O) groups excluding carboxylic acids is 1. The van der Waals surface area contributed by atoms with Gasteiger partial charge in [-0.1, -0.05) is 38.1 Å². The zero-order valence-corrected chi connectivity index (χ0v) is 17.6. The van der Waals surface area contributed by atoms with Gasteiger partial charge in [-0.05, 0) is 30.7 Å². The lowest BCUT2D eigenvalue weighted by Gasteiger charge is -2.34. The van der Waals surface area contributed by atoms with E-state index in [4.69, 9.17) is 5.73 Å². The number of thiazole rings is 1. The fraction of sp³-hybridized carbons (Fsp3) is 0.474. The minimum atomic E-state index is 0. The number of halogens is 2. The van der Waals surface area contributed by atoms with Gasteiger partial charge in [-0.3, -0.25) is 4.79 Å². The summed E-state index contributed by atoms with van der Waals surface area (Å²) in [5.74, 6) is 0.534. The number of hydrogen-bond donors (Lipinski definition) is 1. The number of piperidine rings is 1. The summed E-state index contributed by atoms with van der Waals surface area (Å²) in [6.45, 7) is 5.68. The molecule has 1 unspecified atom stereocenters. The first-order valence-corrected chi connectivity index (χ1v) is 9.55. The maximum atomic E-state index is 12.8. The van der Waals surface area contributed by atoms with Crippen LogP contribution in [0.2, 0.25) is 0 Å². The quantitative estimate of drug-likeness (QED) is 0.784. The number of likely N-dealkylation sites (tertiary alicyclic amines) is 1. The fourth-order valence-electron chi connectivity index (χ4n) is 3.18. The largest absolute Gasteiger partial charge is 0.333 e. The van der Waals surface area contributed by atoms with E-state index in [2.05, 4.69) is 43.1 Å². The van der Waals surface area contributed by atoms with Gasteiger partial charge < -0.3 is 10.6 Å². The maximum Gasteiger partial charge on any atom is 0.273 e. The molecular formula is C19H27Cl2N3OS. The summed E-state index contributed by atoms with van der Waals surface area (Å²) in [7, 11) is 0. The van der Waals surface area contributed by atoms with Crippen LogP contribution >= 0.6 is 36.2 Å². The van der Waals surface area contributed by atoms with Crippen molar-refractivity contribution in [1.29, 1.82) is 0 Å². The van der Waals surface area contributed by atoms with Crippen molar-refractivity contribution in [1.82, 2.24) is 9.88 Å². The topological polar surface area (TPSA) is 59.2 Å². The summed E-state index contributed by atoms with van der Waals surface area (Å²) < 4.78 is 0. The van der Waals surface area contributed by atoms with Crippen molar-refractivity contribution in [2.24, 2.45) is 5.73 Å². The first kappa shape index (κ1) is 22.9.